The number of esters is 2. The van der Waals surface area contributed by atoms with Crippen molar-refractivity contribution >= 4 is 29.8 Å². The van der Waals surface area contributed by atoms with Crippen LogP contribution in [0.1, 0.15) is 55.5 Å². The molecule has 10 heteroatoms. The molecular weight excluding hydrogens is 505 g/mol. The van der Waals surface area contributed by atoms with E-state index in [1.54, 1.807) is 0 Å². The number of benzene rings is 1. The molecule has 4 aliphatic rings. The van der Waals surface area contributed by atoms with Gasteiger partial charge in [-0.25, -0.2) is 4.79 Å². The normalized spacial score (nSPS) is 36.0. The van der Waals surface area contributed by atoms with E-state index in [0.717, 1.165) is 24.3 Å². The van der Waals surface area contributed by atoms with E-state index in [1.807, 2.05) is 13.8 Å². The second-order valence-electron chi connectivity index (χ2n) is 11.5. The number of halogens is 3. The lowest BCUT2D eigenvalue weighted by Crippen LogP contribution is -2.70. The molecule has 7 nitrogen and oxygen atoms in total. The SMILES string of the molecule is C=C1C(=O)[C@@]23C(=O)OC[C@]4(C(=O)CCC(C)(C)[C@H]4C=O)[C@@H]2CC[C@@H]1[C@H]3OC(=O)c1ccc(C(F)(F)F)cc1. The van der Waals surface area contributed by atoms with Gasteiger partial charge in [0.2, 0.25) is 0 Å². The molecule has 1 aromatic rings. The summed E-state index contributed by atoms with van der Waals surface area (Å²) in [4.78, 5) is 66.6. The highest BCUT2D eigenvalue weighted by Crippen LogP contribution is 2.67. The van der Waals surface area contributed by atoms with Gasteiger partial charge in [0.25, 0.3) is 0 Å². The van der Waals surface area contributed by atoms with Crippen molar-refractivity contribution in [3.63, 3.8) is 0 Å². The quantitative estimate of drug-likeness (QED) is 0.250. The van der Waals surface area contributed by atoms with Crippen LogP contribution in [0.15, 0.2) is 36.4 Å². The van der Waals surface area contributed by atoms with Gasteiger partial charge in [0, 0.05) is 24.2 Å². The summed E-state index contributed by atoms with van der Waals surface area (Å²) in [6, 6.07) is 3.38. The van der Waals surface area contributed by atoms with Gasteiger partial charge in [0.15, 0.2) is 11.2 Å². The number of alkyl halides is 3. The summed E-state index contributed by atoms with van der Waals surface area (Å²) in [6.45, 7) is 7.21. The molecule has 202 valence electrons. The largest absolute Gasteiger partial charge is 0.464 e. The molecule has 4 fully saturated rings. The van der Waals surface area contributed by atoms with E-state index in [-0.39, 0.29) is 42.8 Å². The first kappa shape index (κ1) is 26.3. The zero-order chi connectivity index (χ0) is 27.8. The van der Waals surface area contributed by atoms with E-state index in [1.165, 1.54) is 0 Å². The predicted molar refractivity (Wildman–Crippen MR) is 124 cm³/mol. The summed E-state index contributed by atoms with van der Waals surface area (Å²) in [6.07, 6.45) is -4.17. The van der Waals surface area contributed by atoms with Crippen molar-refractivity contribution in [1.29, 1.82) is 0 Å². The second kappa shape index (κ2) is 8.35. The Hall–Kier alpha value is -3.30. The third-order valence-electron chi connectivity index (χ3n) is 9.38. The van der Waals surface area contributed by atoms with Crippen molar-refractivity contribution in [2.24, 2.45) is 34.0 Å². The van der Waals surface area contributed by atoms with Gasteiger partial charge in [0.1, 0.15) is 24.8 Å². The molecule has 1 aliphatic heterocycles. The maximum absolute atomic E-state index is 13.8. The first-order valence-electron chi connectivity index (χ1n) is 12.5. The smallest absolute Gasteiger partial charge is 0.416 e. The van der Waals surface area contributed by atoms with Crippen molar-refractivity contribution < 1.29 is 46.6 Å². The number of ether oxygens (including phenoxy) is 2. The van der Waals surface area contributed by atoms with Crippen molar-refractivity contribution in [3.05, 3.63) is 47.5 Å². The number of fused-ring (bicyclic) bond motifs is 2. The Balaban J connectivity index is 1.59. The Morgan fingerprint density at radius 3 is 2.39 bits per heavy atom. The third-order valence-corrected chi connectivity index (χ3v) is 9.38. The van der Waals surface area contributed by atoms with E-state index >= 15 is 0 Å². The topological polar surface area (TPSA) is 104 Å². The first-order chi connectivity index (χ1) is 17.7. The molecular formula is C28H27F3O7. The molecule has 0 aromatic heterocycles. The fourth-order valence-electron chi connectivity index (χ4n) is 7.47. The van der Waals surface area contributed by atoms with Gasteiger partial charge in [-0.2, -0.15) is 13.2 Å². The molecule has 0 radical (unpaired) electrons. The monoisotopic (exact) mass is 532 g/mol. The molecule has 3 saturated carbocycles. The van der Waals surface area contributed by atoms with Crippen molar-refractivity contribution in [3.8, 4) is 0 Å². The summed E-state index contributed by atoms with van der Waals surface area (Å²) in [5, 5.41) is 0. The van der Waals surface area contributed by atoms with Crippen molar-refractivity contribution in [1.82, 2.24) is 0 Å². The molecule has 0 amide bonds. The second-order valence-corrected chi connectivity index (χ2v) is 11.5. The van der Waals surface area contributed by atoms with E-state index in [9.17, 15) is 37.1 Å². The van der Waals surface area contributed by atoms with Crippen LogP contribution >= 0.6 is 0 Å². The summed E-state index contributed by atoms with van der Waals surface area (Å²) in [7, 11) is 0. The zero-order valence-corrected chi connectivity index (χ0v) is 20.9. The molecule has 2 bridgehead atoms. The summed E-state index contributed by atoms with van der Waals surface area (Å²) >= 11 is 0. The number of Topliss-reactive ketones (excluding diaryl/α,β-unsaturated/α-hetero) is 2. The highest BCUT2D eigenvalue weighted by molar-refractivity contribution is 6.17. The minimum atomic E-state index is -4.60. The van der Waals surface area contributed by atoms with Crippen LogP contribution in [0, 0.1) is 34.0 Å². The van der Waals surface area contributed by atoms with Crippen LogP contribution in [0.3, 0.4) is 0 Å². The maximum Gasteiger partial charge on any atom is 0.416 e. The molecule has 0 unspecified atom stereocenters. The fourth-order valence-corrected chi connectivity index (χ4v) is 7.47. The number of aldehydes is 1. The molecule has 6 atom stereocenters. The highest BCUT2D eigenvalue weighted by atomic mass is 19.4. The summed E-state index contributed by atoms with van der Waals surface area (Å²) < 4.78 is 50.2. The zero-order valence-electron chi connectivity index (χ0n) is 20.9. The van der Waals surface area contributed by atoms with Gasteiger partial charge in [-0.1, -0.05) is 20.4 Å². The predicted octanol–water partition coefficient (Wildman–Crippen LogP) is 4.13. The molecule has 2 spiro atoms. The molecule has 1 heterocycles. The molecule has 38 heavy (non-hydrogen) atoms. The Labute approximate surface area is 216 Å². The number of rotatable bonds is 3. The van der Waals surface area contributed by atoms with Crippen LogP contribution < -0.4 is 0 Å². The van der Waals surface area contributed by atoms with Crippen LogP contribution in [0.2, 0.25) is 0 Å². The number of ketones is 2. The lowest BCUT2D eigenvalue weighted by Gasteiger charge is -2.59. The van der Waals surface area contributed by atoms with Crippen LogP contribution in [0.25, 0.3) is 0 Å². The lowest BCUT2D eigenvalue weighted by molar-refractivity contribution is -0.220. The van der Waals surface area contributed by atoms with Gasteiger partial charge < -0.3 is 14.3 Å². The van der Waals surface area contributed by atoms with Gasteiger partial charge in [-0.15, -0.1) is 0 Å². The number of cyclic esters (lactones) is 1. The van der Waals surface area contributed by atoms with Gasteiger partial charge in [0.05, 0.1) is 16.5 Å². The third kappa shape index (κ3) is 3.31. The number of carbonyl (C=O) groups is 5. The molecule has 1 aromatic carbocycles. The van der Waals surface area contributed by atoms with E-state index in [0.29, 0.717) is 12.7 Å². The number of carbonyl (C=O) groups excluding carboxylic acids is 5. The average Bonchev–Trinajstić information content (AvgIpc) is 2.97. The van der Waals surface area contributed by atoms with E-state index in [2.05, 4.69) is 6.58 Å². The molecule has 0 N–H and O–H groups in total. The minimum Gasteiger partial charge on any atom is -0.464 e. The summed E-state index contributed by atoms with van der Waals surface area (Å²) in [5.41, 5.74) is -5.25. The van der Waals surface area contributed by atoms with E-state index < -0.39 is 69.6 Å². The van der Waals surface area contributed by atoms with Gasteiger partial charge in [-0.05, 0) is 54.5 Å². The summed E-state index contributed by atoms with van der Waals surface area (Å²) in [5.74, 6) is -5.47. The molecule has 5 rings (SSSR count). The van der Waals surface area contributed by atoms with Crippen LogP contribution in [-0.4, -0.2) is 42.5 Å². The van der Waals surface area contributed by atoms with Gasteiger partial charge >= 0.3 is 18.1 Å². The Morgan fingerprint density at radius 1 is 1.13 bits per heavy atom. The fraction of sp³-hybridized carbons (Fsp3) is 0.536. The Kier molecular flexibility index (Phi) is 5.78. The first-order valence-corrected chi connectivity index (χ1v) is 12.5. The van der Waals surface area contributed by atoms with Crippen LogP contribution in [0.5, 0.6) is 0 Å². The number of hydrogen-bond acceptors (Lipinski definition) is 7. The molecule has 1 saturated heterocycles. The minimum absolute atomic E-state index is 0.0666. The molecule has 3 aliphatic carbocycles. The van der Waals surface area contributed by atoms with Crippen molar-refractivity contribution in [2.75, 3.05) is 6.61 Å². The van der Waals surface area contributed by atoms with Gasteiger partial charge in [-0.3, -0.25) is 14.4 Å². The average molecular weight is 533 g/mol. The Bertz CT molecular complexity index is 1260. The Morgan fingerprint density at radius 2 is 1.79 bits per heavy atom. The van der Waals surface area contributed by atoms with Crippen LogP contribution in [-0.2, 0) is 34.8 Å². The maximum atomic E-state index is 13.8. The highest BCUT2D eigenvalue weighted by Gasteiger charge is 2.78. The number of hydrogen-bond donors (Lipinski definition) is 0. The van der Waals surface area contributed by atoms with E-state index in [4.69, 9.17) is 9.47 Å². The van der Waals surface area contributed by atoms with Crippen LogP contribution in [0.4, 0.5) is 13.2 Å². The lowest BCUT2D eigenvalue weighted by atomic mass is 9.44. The van der Waals surface area contributed by atoms with Crippen molar-refractivity contribution in [2.45, 2.75) is 51.8 Å². The standard InChI is InChI=1S/C28H27F3O7/c1-14-17-8-9-18-26(19(12-32)25(2,3)11-10-20(26)33)13-37-24(36)27(18,21(14)34)22(17)38-23(35)15-4-6-16(7-5-15)28(29,30)31/h4-7,12,17-19,22H,1,8-11,13H2,2-3H3/t17-,18-,19+,22+,26-,27-/m0/s1.